The van der Waals surface area contributed by atoms with E-state index < -0.39 is 5.97 Å². The summed E-state index contributed by atoms with van der Waals surface area (Å²) in [7, 11) is 0. The minimum atomic E-state index is -0.901. The van der Waals surface area contributed by atoms with Gasteiger partial charge in [-0.2, -0.15) is 0 Å². The highest BCUT2D eigenvalue weighted by Gasteiger charge is 2.18. The molecule has 1 rings (SSSR count). The third-order valence-corrected chi connectivity index (χ3v) is 2.42. The standard InChI is InChI=1S/C11H15NO2.H3NO/c1-11(2,7-12)9-5-3-8(4-6-9)10(13)14;1-2/h3-6H,7,12H2,1-2H3,(H,13,14);2H,1H2. The molecule has 5 nitrogen and oxygen atoms in total. The maximum Gasteiger partial charge on any atom is 0.335 e. The van der Waals surface area contributed by atoms with Crippen LogP contribution in [0.3, 0.4) is 0 Å². The molecule has 90 valence electrons. The molecule has 1 aromatic rings. The zero-order valence-electron chi connectivity index (χ0n) is 9.47. The highest BCUT2D eigenvalue weighted by Crippen LogP contribution is 2.21. The Balaban J connectivity index is 0.00000106. The van der Waals surface area contributed by atoms with E-state index in [0.29, 0.717) is 12.1 Å². The van der Waals surface area contributed by atoms with Crippen LogP contribution in [0.2, 0.25) is 0 Å². The third-order valence-electron chi connectivity index (χ3n) is 2.42. The van der Waals surface area contributed by atoms with Crippen LogP contribution in [0.4, 0.5) is 0 Å². The monoisotopic (exact) mass is 226 g/mol. The van der Waals surface area contributed by atoms with Crippen LogP contribution in [0.1, 0.15) is 29.8 Å². The van der Waals surface area contributed by atoms with Crippen LogP contribution in [0.25, 0.3) is 0 Å². The minimum Gasteiger partial charge on any atom is -0.478 e. The van der Waals surface area contributed by atoms with Crippen molar-refractivity contribution in [3.63, 3.8) is 0 Å². The van der Waals surface area contributed by atoms with Crippen molar-refractivity contribution in [2.45, 2.75) is 19.3 Å². The maximum absolute atomic E-state index is 10.6. The van der Waals surface area contributed by atoms with Gasteiger partial charge in [0.15, 0.2) is 0 Å². The molecule has 0 aromatic heterocycles. The molecule has 0 saturated carbocycles. The zero-order valence-corrected chi connectivity index (χ0v) is 9.47. The summed E-state index contributed by atoms with van der Waals surface area (Å²) in [4.78, 5) is 10.6. The molecule has 6 N–H and O–H groups in total. The van der Waals surface area contributed by atoms with Crippen molar-refractivity contribution in [1.29, 1.82) is 0 Å². The average molecular weight is 226 g/mol. The predicted molar refractivity (Wildman–Crippen MR) is 61.5 cm³/mol. The van der Waals surface area contributed by atoms with Crippen LogP contribution in [0, 0.1) is 0 Å². The van der Waals surface area contributed by atoms with Gasteiger partial charge in [-0.15, -0.1) is 0 Å². The summed E-state index contributed by atoms with van der Waals surface area (Å²) in [5.41, 5.74) is 6.89. The molecule has 16 heavy (non-hydrogen) atoms. The average Bonchev–Trinajstić information content (AvgIpc) is 2.32. The van der Waals surface area contributed by atoms with E-state index in [9.17, 15) is 4.79 Å². The lowest BCUT2D eigenvalue weighted by molar-refractivity contribution is 0.0697. The van der Waals surface area contributed by atoms with E-state index in [1.807, 2.05) is 26.0 Å². The van der Waals surface area contributed by atoms with Crippen LogP contribution in [0.15, 0.2) is 24.3 Å². The largest absolute Gasteiger partial charge is 0.478 e. The smallest absolute Gasteiger partial charge is 0.335 e. The van der Waals surface area contributed by atoms with E-state index in [0.717, 1.165) is 5.56 Å². The maximum atomic E-state index is 10.6. The van der Waals surface area contributed by atoms with Gasteiger partial charge in [-0.1, -0.05) is 26.0 Å². The molecule has 0 aliphatic heterocycles. The van der Waals surface area contributed by atoms with Crippen LogP contribution >= 0.6 is 0 Å². The van der Waals surface area contributed by atoms with Gasteiger partial charge in [-0.05, 0) is 17.7 Å². The van der Waals surface area contributed by atoms with Gasteiger partial charge >= 0.3 is 5.97 Å². The Hall–Kier alpha value is -1.43. The lowest BCUT2D eigenvalue weighted by atomic mass is 9.84. The first kappa shape index (κ1) is 14.6. The molecule has 0 radical (unpaired) electrons. The Bertz CT molecular complexity index is 334. The molecule has 0 spiro atoms. The highest BCUT2D eigenvalue weighted by molar-refractivity contribution is 5.87. The van der Waals surface area contributed by atoms with Crippen LogP contribution in [0.5, 0.6) is 0 Å². The van der Waals surface area contributed by atoms with Gasteiger partial charge in [0.05, 0.1) is 5.56 Å². The van der Waals surface area contributed by atoms with Gasteiger partial charge in [0.1, 0.15) is 0 Å². The Morgan fingerprint density at radius 2 is 1.69 bits per heavy atom. The fourth-order valence-corrected chi connectivity index (χ4v) is 1.18. The highest BCUT2D eigenvalue weighted by atomic mass is 16.4. The Morgan fingerprint density at radius 1 is 1.25 bits per heavy atom. The van der Waals surface area contributed by atoms with E-state index in [1.54, 1.807) is 12.1 Å². The zero-order chi connectivity index (χ0) is 12.8. The molecule has 0 amide bonds. The third kappa shape index (κ3) is 3.62. The van der Waals surface area contributed by atoms with Crippen molar-refractivity contribution >= 4 is 5.97 Å². The molecule has 0 atom stereocenters. The fourth-order valence-electron chi connectivity index (χ4n) is 1.18. The number of carboxylic acids is 1. The second-order valence-corrected chi connectivity index (χ2v) is 3.97. The summed E-state index contributed by atoms with van der Waals surface area (Å²) in [6.07, 6.45) is 0. The van der Waals surface area contributed by atoms with Crippen LogP contribution in [-0.2, 0) is 5.41 Å². The summed E-state index contributed by atoms with van der Waals surface area (Å²) in [5.74, 6) is 2.60. The van der Waals surface area contributed by atoms with Crippen molar-refractivity contribution in [3.05, 3.63) is 35.4 Å². The second-order valence-electron chi connectivity index (χ2n) is 3.97. The van der Waals surface area contributed by atoms with Gasteiger partial charge in [-0.25, -0.2) is 10.7 Å². The number of hydrogen-bond donors (Lipinski definition) is 4. The Morgan fingerprint density at radius 3 is 2.00 bits per heavy atom. The number of benzene rings is 1. The molecule has 0 bridgehead atoms. The number of carboxylic acid groups (broad SMARTS) is 1. The number of hydrogen-bond acceptors (Lipinski definition) is 4. The van der Waals surface area contributed by atoms with Crippen LogP contribution in [-0.4, -0.2) is 22.8 Å². The van der Waals surface area contributed by atoms with Crippen molar-refractivity contribution in [1.82, 2.24) is 0 Å². The van der Waals surface area contributed by atoms with Crippen molar-refractivity contribution < 1.29 is 15.1 Å². The number of nitrogens with two attached hydrogens (primary N) is 2. The molecule has 0 heterocycles. The number of aromatic carboxylic acids is 1. The molecule has 0 fully saturated rings. The van der Waals surface area contributed by atoms with Crippen molar-refractivity contribution in [3.8, 4) is 0 Å². The van der Waals surface area contributed by atoms with E-state index >= 15 is 0 Å². The predicted octanol–water partition coefficient (Wildman–Crippen LogP) is 0.955. The molecule has 0 aliphatic carbocycles. The van der Waals surface area contributed by atoms with Gasteiger partial charge < -0.3 is 16.0 Å². The topological polar surface area (TPSA) is 110 Å². The molecule has 0 saturated heterocycles. The first-order chi connectivity index (χ1) is 7.47. The normalized spacial score (nSPS) is 10.3. The molecular formula is C11H18N2O3. The summed E-state index contributed by atoms with van der Waals surface area (Å²) in [6.45, 7) is 4.60. The fraction of sp³-hybridized carbons (Fsp3) is 0.364. The van der Waals surface area contributed by atoms with E-state index in [2.05, 4.69) is 5.90 Å². The molecular weight excluding hydrogens is 208 g/mol. The van der Waals surface area contributed by atoms with Crippen molar-refractivity contribution in [2.24, 2.45) is 11.6 Å². The van der Waals surface area contributed by atoms with E-state index in [-0.39, 0.29) is 5.41 Å². The first-order valence-corrected chi connectivity index (χ1v) is 4.77. The van der Waals surface area contributed by atoms with Crippen molar-refractivity contribution in [2.75, 3.05) is 6.54 Å². The van der Waals surface area contributed by atoms with E-state index in [4.69, 9.17) is 16.0 Å². The SMILES string of the molecule is CC(C)(CN)c1ccc(C(=O)O)cc1.NO. The Kier molecular flexibility index (Phi) is 5.66. The van der Waals surface area contributed by atoms with Crippen LogP contribution < -0.4 is 11.6 Å². The summed E-state index contributed by atoms with van der Waals surface area (Å²) in [6, 6.07) is 6.84. The molecule has 0 unspecified atom stereocenters. The molecule has 0 aliphatic rings. The summed E-state index contributed by atoms with van der Waals surface area (Å²) in [5, 5.41) is 15.2. The van der Waals surface area contributed by atoms with E-state index in [1.165, 1.54) is 0 Å². The van der Waals surface area contributed by atoms with Gasteiger partial charge in [-0.3, -0.25) is 0 Å². The Labute approximate surface area is 94.6 Å². The lowest BCUT2D eigenvalue weighted by Crippen LogP contribution is -2.28. The quantitative estimate of drug-likeness (QED) is 0.574. The second kappa shape index (κ2) is 6.22. The van der Waals surface area contributed by atoms with Gasteiger partial charge in [0.25, 0.3) is 0 Å². The summed E-state index contributed by atoms with van der Waals surface area (Å²) < 4.78 is 0. The van der Waals surface area contributed by atoms with Gasteiger partial charge in [0, 0.05) is 12.0 Å². The first-order valence-electron chi connectivity index (χ1n) is 4.77. The number of carbonyl (C=O) groups is 1. The lowest BCUT2D eigenvalue weighted by Gasteiger charge is -2.22. The molecule has 5 heteroatoms. The minimum absolute atomic E-state index is 0.100. The molecule has 1 aromatic carbocycles. The van der Waals surface area contributed by atoms with Gasteiger partial charge in [0.2, 0.25) is 0 Å². The summed E-state index contributed by atoms with van der Waals surface area (Å²) >= 11 is 0. The number of rotatable bonds is 3.